The van der Waals surface area contributed by atoms with Gasteiger partial charge >= 0.3 is 0 Å². The molecule has 2 heterocycles. The molecule has 1 aliphatic heterocycles. The lowest BCUT2D eigenvalue weighted by molar-refractivity contribution is 0.475. The number of benzene rings is 1. The summed E-state index contributed by atoms with van der Waals surface area (Å²) in [5.74, 6) is 0. The van der Waals surface area contributed by atoms with Crippen LogP contribution in [0.2, 0.25) is 0 Å². The van der Waals surface area contributed by atoms with Crippen molar-refractivity contribution in [1.29, 1.82) is 0 Å². The van der Waals surface area contributed by atoms with Crippen molar-refractivity contribution in [2.75, 3.05) is 13.1 Å². The lowest BCUT2D eigenvalue weighted by atomic mass is 10.4. The van der Waals surface area contributed by atoms with Gasteiger partial charge in [0.2, 0.25) is 10.0 Å². The van der Waals surface area contributed by atoms with Crippen molar-refractivity contribution < 1.29 is 16.8 Å². The third-order valence-electron chi connectivity index (χ3n) is 4.66. The minimum atomic E-state index is -3.77. The number of hydrogen-bond acceptors (Lipinski definition) is 5. The molecule has 2 aromatic rings. The number of sulfone groups is 1. The maximum absolute atomic E-state index is 13.0. The molecule has 0 radical (unpaired) electrons. The highest BCUT2D eigenvalue weighted by Crippen LogP contribution is 2.30. The molecule has 3 rings (SSSR count). The van der Waals surface area contributed by atoms with Gasteiger partial charge in [-0.05, 0) is 32.4 Å². The number of hydrogen-bond donors (Lipinski definition) is 0. The summed E-state index contributed by atoms with van der Waals surface area (Å²) in [7, 11) is -5.64. The summed E-state index contributed by atoms with van der Waals surface area (Å²) in [6, 6.07) is 8.17. The first-order valence-corrected chi connectivity index (χ1v) is 10.9. The van der Waals surface area contributed by atoms with Gasteiger partial charge in [-0.2, -0.15) is 9.40 Å². The molecule has 0 amide bonds. The maximum atomic E-state index is 13.0. The summed E-state index contributed by atoms with van der Waals surface area (Å²) >= 11 is 0. The smallest absolute Gasteiger partial charge is 0.246 e. The van der Waals surface area contributed by atoms with Gasteiger partial charge in [-0.15, -0.1) is 0 Å². The molecule has 1 saturated heterocycles. The van der Waals surface area contributed by atoms with E-state index in [0.717, 1.165) is 0 Å². The summed E-state index contributed by atoms with van der Waals surface area (Å²) in [6.07, 6.45) is 0.287. The van der Waals surface area contributed by atoms with E-state index in [2.05, 4.69) is 5.10 Å². The molecule has 0 N–H and O–H groups in total. The van der Waals surface area contributed by atoms with E-state index in [9.17, 15) is 16.8 Å². The fourth-order valence-electron chi connectivity index (χ4n) is 3.23. The molecular formula is C16H21N3O4S2. The molecule has 0 spiro atoms. The second kappa shape index (κ2) is 6.22. The van der Waals surface area contributed by atoms with E-state index in [0.29, 0.717) is 11.4 Å². The van der Waals surface area contributed by atoms with Crippen molar-refractivity contribution in [1.82, 2.24) is 14.1 Å². The molecule has 1 aromatic carbocycles. The number of aryl methyl sites for hydroxylation is 2. The summed E-state index contributed by atoms with van der Waals surface area (Å²) in [5.41, 5.74) is 0.973. The van der Waals surface area contributed by atoms with Crippen molar-refractivity contribution >= 4 is 19.9 Å². The van der Waals surface area contributed by atoms with Crippen LogP contribution in [0.4, 0.5) is 0 Å². The van der Waals surface area contributed by atoms with E-state index in [1.54, 1.807) is 51.2 Å². The van der Waals surface area contributed by atoms with Gasteiger partial charge in [0.25, 0.3) is 0 Å². The molecular weight excluding hydrogens is 362 g/mol. The standard InChI is InChI=1S/C16H21N3O4S2/c1-12-16(13(2)18(3)17-12)25(22,23)19-10-9-15(11-19)24(20,21)14-7-5-4-6-8-14/h4-8,15H,9-11H2,1-3H3. The molecule has 1 aliphatic rings. The average Bonchev–Trinajstić information content (AvgIpc) is 3.15. The number of aromatic nitrogens is 2. The fourth-order valence-corrected chi connectivity index (χ4v) is 6.94. The van der Waals surface area contributed by atoms with Crippen molar-refractivity contribution in [3.63, 3.8) is 0 Å². The zero-order valence-electron chi connectivity index (χ0n) is 14.4. The van der Waals surface area contributed by atoms with E-state index < -0.39 is 25.1 Å². The van der Waals surface area contributed by atoms with Gasteiger partial charge in [0.1, 0.15) is 4.90 Å². The largest absolute Gasteiger partial charge is 0.271 e. The molecule has 9 heteroatoms. The second-order valence-corrected chi connectivity index (χ2v) is 10.4. The minimum absolute atomic E-state index is 0.0344. The lowest BCUT2D eigenvalue weighted by Crippen LogP contribution is -2.32. The first-order valence-electron chi connectivity index (χ1n) is 7.95. The van der Waals surface area contributed by atoms with Gasteiger partial charge in [0.15, 0.2) is 9.84 Å². The zero-order chi connectivity index (χ0) is 18.4. The molecule has 0 saturated carbocycles. The van der Waals surface area contributed by atoms with Gasteiger partial charge < -0.3 is 0 Å². The van der Waals surface area contributed by atoms with Crippen LogP contribution in [0.15, 0.2) is 40.1 Å². The van der Waals surface area contributed by atoms with Crippen LogP contribution in [0.25, 0.3) is 0 Å². The van der Waals surface area contributed by atoms with E-state index in [4.69, 9.17) is 0 Å². The van der Waals surface area contributed by atoms with Crippen LogP contribution in [0.1, 0.15) is 17.8 Å². The molecule has 0 bridgehead atoms. The Morgan fingerprint density at radius 3 is 2.28 bits per heavy atom. The predicted octanol–water partition coefficient (Wildman–Crippen LogP) is 1.27. The SMILES string of the molecule is Cc1nn(C)c(C)c1S(=O)(=O)N1CCC(S(=O)(=O)c2ccccc2)C1. The first kappa shape index (κ1) is 18.1. The Kier molecular flexibility index (Phi) is 4.50. The van der Waals surface area contributed by atoms with E-state index in [-0.39, 0.29) is 29.3 Å². The Bertz CT molecular complexity index is 996. The molecule has 1 aromatic heterocycles. The Hall–Kier alpha value is -1.71. The third-order valence-corrected chi connectivity index (χ3v) is 8.97. The van der Waals surface area contributed by atoms with Crippen LogP contribution < -0.4 is 0 Å². The van der Waals surface area contributed by atoms with Gasteiger partial charge in [-0.3, -0.25) is 4.68 Å². The lowest BCUT2D eigenvalue weighted by Gasteiger charge is -2.17. The van der Waals surface area contributed by atoms with Gasteiger partial charge in [0.05, 0.1) is 21.5 Å². The zero-order valence-corrected chi connectivity index (χ0v) is 16.0. The number of nitrogens with zero attached hydrogens (tertiary/aromatic N) is 3. The minimum Gasteiger partial charge on any atom is -0.271 e. The fraction of sp³-hybridized carbons (Fsp3) is 0.438. The maximum Gasteiger partial charge on any atom is 0.246 e. The summed E-state index contributed by atoms with van der Waals surface area (Å²) in [4.78, 5) is 0.403. The molecule has 1 unspecified atom stereocenters. The first-order chi connectivity index (χ1) is 11.7. The van der Waals surface area contributed by atoms with Crippen molar-refractivity contribution in [3.8, 4) is 0 Å². The third kappa shape index (κ3) is 3.00. The van der Waals surface area contributed by atoms with Crippen LogP contribution in [0, 0.1) is 13.8 Å². The monoisotopic (exact) mass is 383 g/mol. The number of sulfonamides is 1. The van der Waals surface area contributed by atoms with Gasteiger partial charge in [-0.25, -0.2) is 16.8 Å². The normalized spacial score (nSPS) is 19.4. The van der Waals surface area contributed by atoms with Crippen molar-refractivity contribution in [2.45, 2.75) is 35.3 Å². The predicted molar refractivity (Wildman–Crippen MR) is 93.5 cm³/mol. The quantitative estimate of drug-likeness (QED) is 0.793. The Labute approximate surface area is 148 Å². The van der Waals surface area contributed by atoms with E-state index in [1.807, 2.05) is 0 Å². The Morgan fingerprint density at radius 1 is 1.08 bits per heavy atom. The van der Waals surface area contributed by atoms with E-state index >= 15 is 0 Å². The van der Waals surface area contributed by atoms with Gasteiger partial charge in [0, 0.05) is 20.1 Å². The highest BCUT2D eigenvalue weighted by atomic mass is 32.2. The van der Waals surface area contributed by atoms with Crippen LogP contribution in [-0.4, -0.2) is 49.3 Å². The Morgan fingerprint density at radius 2 is 1.72 bits per heavy atom. The van der Waals surface area contributed by atoms with Crippen LogP contribution >= 0.6 is 0 Å². The molecule has 7 nitrogen and oxygen atoms in total. The summed E-state index contributed by atoms with van der Waals surface area (Å²) < 4.78 is 54.2. The molecule has 1 fully saturated rings. The number of rotatable bonds is 4. The van der Waals surface area contributed by atoms with Crippen LogP contribution in [0.3, 0.4) is 0 Å². The topological polar surface area (TPSA) is 89.3 Å². The molecule has 1 atom stereocenters. The van der Waals surface area contributed by atoms with Gasteiger partial charge in [-0.1, -0.05) is 18.2 Å². The Balaban J connectivity index is 1.90. The van der Waals surface area contributed by atoms with Crippen LogP contribution in [0.5, 0.6) is 0 Å². The summed E-state index contributed by atoms with van der Waals surface area (Å²) in [5, 5.41) is 3.42. The highest BCUT2D eigenvalue weighted by molar-refractivity contribution is 7.92. The second-order valence-electron chi connectivity index (χ2n) is 6.26. The van der Waals surface area contributed by atoms with Crippen LogP contribution in [-0.2, 0) is 26.9 Å². The van der Waals surface area contributed by atoms with Crippen molar-refractivity contribution in [3.05, 3.63) is 41.7 Å². The molecule has 136 valence electrons. The van der Waals surface area contributed by atoms with Crippen molar-refractivity contribution in [2.24, 2.45) is 7.05 Å². The average molecular weight is 383 g/mol. The summed E-state index contributed by atoms with van der Waals surface area (Å²) in [6.45, 7) is 3.50. The van der Waals surface area contributed by atoms with E-state index in [1.165, 1.54) is 8.99 Å². The molecule has 25 heavy (non-hydrogen) atoms. The highest BCUT2D eigenvalue weighted by Gasteiger charge is 2.41. The molecule has 0 aliphatic carbocycles.